The van der Waals surface area contributed by atoms with Gasteiger partial charge in [-0.2, -0.15) is 0 Å². The summed E-state index contributed by atoms with van der Waals surface area (Å²) >= 11 is 0. The molecule has 36 heavy (non-hydrogen) atoms. The van der Waals surface area contributed by atoms with Crippen molar-refractivity contribution >= 4 is 11.8 Å². The lowest BCUT2D eigenvalue weighted by molar-refractivity contribution is -0.238. The Bertz CT molecular complexity index is 1030. The summed E-state index contributed by atoms with van der Waals surface area (Å²) in [4.78, 5) is 26.0. The number of aliphatic hydroxyl groups excluding tert-OH is 2. The van der Waals surface area contributed by atoms with Crippen LogP contribution >= 0.6 is 0 Å². The number of allylic oxidation sites excluding steroid dienone is 1. The Morgan fingerprint density at radius 1 is 0.917 bits per heavy atom. The Balaban J connectivity index is 1.68. The number of fused-ring (bicyclic) bond motifs is 7. The Morgan fingerprint density at radius 2 is 1.56 bits per heavy atom. The molecule has 5 aliphatic rings. The molecule has 0 bridgehead atoms. The molecule has 0 saturated heterocycles. The van der Waals surface area contributed by atoms with Gasteiger partial charge in [-0.05, 0) is 80.5 Å². The van der Waals surface area contributed by atoms with Crippen molar-refractivity contribution in [3.05, 3.63) is 11.6 Å². The van der Waals surface area contributed by atoms with Crippen LogP contribution in [0.1, 0.15) is 93.4 Å². The smallest absolute Gasteiger partial charge is 0.310 e. The fraction of sp³-hybridized carbons (Fsp3) is 0.867. The Hall–Kier alpha value is -1.24. The number of Topliss-reactive ketones (excluding diaryl/α,β-unsaturated/α-hetero) is 1. The van der Waals surface area contributed by atoms with Gasteiger partial charge in [-0.3, -0.25) is 9.59 Å². The minimum absolute atomic E-state index is 0.00270. The van der Waals surface area contributed by atoms with Gasteiger partial charge < -0.3 is 20.4 Å². The lowest BCUT2D eigenvalue weighted by atomic mass is 9.32. The number of carbonyl (C=O) groups excluding carboxylic acids is 1. The third kappa shape index (κ3) is 2.74. The highest BCUT2D eigenvalue weighted by molar-refractivity contribution is 5.90. The second-order valence-electron chi connectivity index (χ2n) is 14.7. The molecule has 0 amide bonds. The van der Waals surface area contributed by atoms with E-state index in [0.29, 0.717) is 25.7 Å². The Kier molecular flexibility index (Phi) is 5.45. The topological polar surface area (TPSA) is 115 Å². The molecule has 6 nitrogen and oxygen atoms in total. The fourth-order valence-electron chi connectivity index (χ4n) is 10.7. The van der Waals surface area contributed by atoms with Crippen LogP contribution in [0.3, 0.4) is 0 Å². The third-order valence-electron chi connectivity index (χ3n) is 13.4. The van der Waals surface area contributed by atoms with Crippen molar-refractivity contribution < 1.29 is 30.0 Å². The molecule has 4 saturated carbocycles. The van der Waals surface area contributed by atoms with Gasteiger partial charge in [0.1, 0.15) is 12.2 Å². The number of carboxylic acid groups (broad SMARTS) is 1. The molecule has 5 rings (SSSR count). The molecule has 0 aliphatic heterocycles. The van der Waals surface area contributed by atoms with Gasteiger partial charge in [0, 0.05) is 16.7 Å². The number of carboxylic acids is 1. The van der Waals surface area contributed by atoms with Gasteiger partial charge in [-0.1, -0.05) is 53.2 Å². The number of carbonyl (C=O) groups is 2. The molecule has 6 heteroatoms. The van der Waals surface area contributed by atoms with Crippen molar-refractivity contribution in [2.24, 2.45) is 50.7 Å². The number of ketones is 1. The van der Waals surface area contributed by atoms with Gasteiger partial charge in [0.2, 0.25) is 0 Å². The number of hydrogen-bond donors (Lipinski definition) is 4. The van der Waals surface area contributed by atoms with Gasteiger partial charge >= 0.3 is 5.97 Å². The third-order valence-corrected chi connectivity index (χ3v) is 13.4. The molecule has 0 heterocycles. The molecule has 0 aromatic carbocycles. The maximum absolute atomic E-state index is 13.2. The number of hydrogen-bond acceptors (Lipinski definition) is 5. The molecule has 0 aromatic rings. The van der Waals surface area contributed by atoms with Crippen molar-refractivity contribution in [1.82, 2.24) is 0 Å². The van der Waals surface area contributed by atoms with Gasteiger partial charge in [0.15, 0.2) is 5.78 Å². The molecule has 0 spiro atoms. The number of aliphatic hydroxyl groups is 3. The fourth-order valence-corrected chi connectivity index (χ4v) is 10.7. The monoisotopic (exact) mass is 502 g/mol. The summed E-state index contributed by atoms with van der Waals surface area (Å²) in [6.45, 7) is 14.4. The summed E-state index contributed by atoms with van der Waals surface area (Å²) in [7, 11) is 0. The molecule has 5 aliphatic carbocycles. The molecule has 4 fully saturated rings. The predicted molar refractivity (Wildman–Crippen MR) is 136 cm³/mol. The van der Waals surface area contributed by atoms with E-state index in [1.807, 2.05) is 27.7 Å². The molecule has 0 aromatic heterocycles. The summed E-state index contributed by atoms with van der Waals surface area (Å²) in [5.41, 5.74) is -2.95. The van der Waals surface area contributed by atoms with E-state index in [9.17, 15) is 30.0 Å². The van der Waals surface area contributed by atoms with Crippen LogP contribution in [0.5, 0.6) is 0 Å². The summed E-state index contributed by atoms with van der Waals surface area (Å²) in [6, 6.07) is 0. The average Bonchev–Trinajstić information content (AvgIpc) is 2.79. The molecule has 11 atom stereocenters. The van der Waals surface area contributed by atoms with Crippen LogP contribution in [0, 0.1) is 50.7 Å². The van der Waals surface area contributed by atoms with E-state index < -0.39 is 51.7 Å². The van der Waals surface area contributed by atoms with E-state index in [4.69, 9.17) is 0 Å². The normalized spacial score (nSPS) is 55.9. The molecular formula is C30H46O6. The zero-order chi connectivity index (χ0) is 26.9. The van der Waals surface area contributed by atoms with Crippen LogP contribution in [-0.2, 0) is 9.59 Å². The summed E-state index contributed by atoms with van der Waals surface area (Å²) in [6.07, 6.45) is 4.63. The highest BCUT2D eigenvalue weighted by Gasteiger charge is 2.73. The van der Waals surface area contributed by atoms with E-state index in [-0.39, 0.29) is 28.6 Å². The van der Waals surface area contributed by atoms with Crippen LogP contribution in [0.2, 0.25) is 0 Å². The van der Waals surface area contributed by atoms with Gasteiger partial charge in [0.05, 0.1) is 11.0 Å². The standard InChI is InChI=1S/C30H46O6/c1-16-10-13-30(24(34)35)15-14-26(4)17(21(30)29(16,7)36)8-9-19-27(26,5)12-11-18-25(2,3)22(32)20(31)23(33)28(18,19)6/h8,16,18-19,21-23,32-33,36H,9-15H2,1-7H3,(H,34,35). The predicted octanol–water partition coefficient (Wildman–Crippen LogP) is 4.35. The second kappa shape index (κ2) is 7.45. The maximum Gasteiger partial charge on any atom is 0.310 e. The van der Waals surface area contributed by atoms with E-state index in [0.717, 1.165) is 24.8 Å². The summed E-state index contributed by atoms with van der Waals surface area (Å²) in [5.74, 6) is -1.73. The van der Waals surface area contributed by atoms with Crippen LogP contribution in [0.15, 0.2) is 11.6 Å². The largest absolute Gasteiger partial charge is 0.481 e. The van der Waals surface area contributed by atoms with E-state index in [2.05, 4.69) is 26.8 Å². The van der Waals surface area contributed by atoms with E-state index in [1.54, 1.807) is 0 Å². The number of rotatable bonds is 1. The van der Waals surface area contributed by atoms with E-state index >= 15 is 0 Å². The minimum Gasteiger partial charge on any atom is -0.481 e. The van der Waals surface area contributed by atoms with Gasteiger partial charge in [0.25, 0.3) is 0 Å². The van der Waals surface area contributed by atoms with E-state index in [1.165, 1.54) is 0 Å². The minimum atomic E-state index is -1.23. The van der Waals surface area contributed by atoms with Crippen LogP contribution in [0.4, 0.5) is 0 Å². The molecule has 4 N–H and O–H groups in total. The van der Waals surface area contributed by atoms with Crippen molar-refractivity contribution in [2.45, 2.75) is 111 Å². The summed E-state index contributed by atoms with van der Waals surface area (Å²) in [5, 5.41) is 44.7. The number of aliphatic carboxylic acids is 1. The van der Waals surface area contributed by atoms with Crippen LogP contribution < -0.4 is 0 Å². The second-order valence-corrected chi connectivity index (χ2v) is 14.7. The molecular weight excluding hydrogens is 456 g/mol. The highest BCUT2D eigenvalue weighted by Crippen LogP contribution is 2.75. The lowest BCUT2D eigenvalue weighted by Crippen LogP contribution is -2.71. The first kappa shape index (κ1) is 26.4. The van der Waals surface area contributed by atoms with Crippen LogP contribution in [-0.4, -0.2) is 50.0 Å². The zero-order valence-electron chi connectivity index (χ0n) is 23.1. The molecule has 202 valence electrons. The SMILES string of the molecule is CC1CCC2(C(=O)O)CCC3(C)C(=CCC4C5(C)C(O)C(=O)C(O)C(C)(C)C5CCC43C)C2C1(C)O. The summed E-state index contributed by atoms with van der Waals surface area (Å²) < 4.78 is 0. The van der Waals surface area contributed by atoms with Gasteiger partial charge in [-0.15, -0.1) is 0 Å². The lowest BCUT2D eigenvalue weighted by Gasteiger charge is -2.72. The average molecular weight is 503 g/mol. The first-order chi connectivity index (χ1) is 16.4. The Morgan fingerprint density at radius 3 is 2.17 bits per heavy atom. The van der Waals surface area contributed by atoms with Crippen LogP contribution in [0.25, 0.3) is 0 Å². The quantitative estimate of drug-likeness (QED) is 0.396. The first-order valence-corrected chi connectivity index (χ1v) is 14.0. The van der Waals surface area contributed by atoms with Gasteiger partial charge in [-0.25, -0.2) is 0 Å². The molecule has 11 unspecified atom stereocenters. The van der Waals surface area contributed by atoms with Crippen molar-refractivity contribution in [1.29, 1.82) is 0 Å². The zero-order valence-corrected chi connectivity index (χ0v) is 23.1. The van der Waals surface area contributed by atoms with Crippen molar-refractivity contribution in [2.75, 3.05) is 0 Å². The van der Waals surface area contributed by atoms with Crippen molar-refractivity contribution in [3.8, 4) is 0 Å². The highest BCUT2D eigenvalue weighted by atomic mass is 16.4. The van der Waals surface area contributed by atoms with Crippen molar-refractivity contribution in [3.63, 3.8) is 0 Å². The molecule has 0 radical (unpaired) electrons. The Labute approximate surface area is 215 Å². The maximum atomic E-state index is 13.2. The first-order valence-electron chi connectivity index (χ1n) is 14.0.